The molecule has 0 bridgehead atoms. The maximum atomic E-state index is 13.1. The fraction of sp³-hybridized carbons (Fsp3) is 0.440. The van der Waals surface area contributed by atoms with Crippen molar-refractivity contribution in [1.82, 2.24) is 4.90 Å². The Bertz CT molecular complexity index is 1060. The van der Waals surface area contributed by atoms with Gasteiger partial charge in [0.25, 0.3) is 0 Å². The zero-order valence-electron chi connectivity index (χ0n) is 20.0. The molecule has 0 unspecified atom stereocenters. The highest BCUT2D eigenvalue weighted by molar-refractivity contribution is 5.94. The van der Waals surface area contributed by atoms with Crippen molar-refractivity contribution < 1.29 is 32.2 Å². The fourth-order valence-electron chi connectivity index (χ4n) is 3.93. The van der Waals surface area contributed by atoms with Gasteiger partial charge in [0.15, 0.2) is 5.60 Å². The van der Waals surface area contributed by atoms with Gasteiger partial charge in [-0.05, 0) is 69.5 Å². The molecule has 2 aromatic rings. The molecule has 0 spiro atoms. The minimum atomic E-state index is -4.47. The molecule has 2 amide bonds. The molecule has 9 heteroatoms. The summed E-state index contributed by atoms with van der Waals surface area (Å²) in [4.78, 5) is 28.1. The summed E-state index contributed by atoms with van der Waals surface area (Å²) in [5.41, 5.74) is 0.727. The van der Waals surface area contributed by atoms with Crippen LogP contribution in [0.5, 0.6) is 5.75 Å². The molecule has 1 aliphatic rings. The molecule has 1 heterocycles. The van der Waals surface area contributed by atoms with E-state index in [2.05, 4.69) is 0 Å². The predicted molar refractivity (Wildman–Crippen MR) is 122 cm³/mol. The second kappa shape index (κ2) is 9.56. The van der Waals surface area contributed by atoms with Crippen molar-refractivity contribution in [2.75, 3.05) is 24.6 Å². The maximum absolute atomic E-state index is 13.1. The number of ether oxygens (including phenoxy) is 2. The van der Waals surface area contributed by atoms with Crippen molar-refractivity contribution >= 4 is 17.7 Å². The smallest absolute Gasteiger partial charge is 0.416 e. The van der Waals surface area contributed by atoms with Gasteiger partial charge in [-0.2, -0.15) is 13.2 Å². The number of carbonyl (C=O) groups excluding carboxylic acids is 2. The molecular formula is C25H29F3N2O4. The van der Waals surface area contributed by atoms with Crippen LogP contribution in [-0.2, 0) is 22.3 Å². The lowest BCUT2D eigenvalue weighted by Crippen LogP contribution is -2.40. The summed E-state index contributed by atoms with van der Waals surface area (Å²) in [6, 6.07) is 8.19. The number of hydrogen-bond donors (Lipinski definition) is 0. The molecule has 0 aliphatic carbocycles. The minimum Gasteiger partial charge on any atom is -0.476 e. The van der Waals surface area contributed by atoms with Crippen LogP contribution in [0.4, 0.5) is 23.7 Å². The Labute approximate surface area is 197 Å². The van der Waals surface area contributed by atoms with Crippen LogP contribution < -0.4 is 9.64 Å². The zero-order chi connectivity index (χ0) is 25.3. The standard InChI is InChI=1S/C25H29F3N2O4/c1-6-33-22(31)24(4,5)34-21-16(2)12-18(13-17(21)3)15-29-10-11-30(23(29)32)20-9-7-8-19(14-20)25(26,27)28/h7-9,12-14H,6,10-11,15H2,1-5H3. The highest BCUT2D eigenvalue weighted by Gasteiger charge is 2.35. The van der Waals surface area contributed by atoms with Gasteiger partial charge in [0, 0.05) is 25.3 Å². The highest BCUT2D eigenvalue weighted by atomic mass is 19.4. The molecule has 2 aromatic carbocycles. The Balaban J connectivity index is 1.74. The Morgan fingerprint density at radius 2 is 1.71 bits per heavy atom. The van der Waals surface area contributed by atoms with E-state index in [-0.39, 0.29) is 18.3 Å². The predicted octanol–water partition coefficient (Wildman–Crippen LogP) is 5.48. The quantitative estimate of drug-likeness (QED) is 0.494. The van der Waals surface area contributed by atoms with E-state index in [1.807, 2.05) is 26.0 Å². The van der Waals surface area contributed by atoms with Crippen molar-refractivity contribution in [3.63, 3.8) is 0 Å². The van der Waals surface area contributed by atoms with E-state index < -0.39 is 23.3 Å². The molecule has 0 radical (unpaired) electrons. The Kier molecular flexibility index (Phi) is 7.14. The maximum Gasteiger partial charge on any atom is 0.416 e. The van der Waals surface area contributed by atoms with Gasteiger partial charge in [-0.25, -0.2) is 9.59 Å². The van der Waals surface area contributed by atoms with Crippen molar-refractivity contribution in [3.8, 4) is 5.75 Å². The molecule has 1 aliphatic heterocycles. The van der Waals surface area contributed by atoms with Crippen molar-refractivity contribution in [2.45, 2.75) is 52.9 Å². The van der Waals surface area contributed by atoms with Gasteiger partial charge in [-0.3, -0.25) is 4.90 Å². The summed E-state index contributed by atoms with van der Waals surface area (Å²) in [6.07, 6.45) is -4.47. The molecule has 0 N–H and O–H groups in total. The lowest BCUT2D eigenvalue weighted by molar-refractivity contribution is -0.158. The van der Waals surface area contributed by atoms with Crippen LogP contribution in [0.1, 0.15) is 43.0 Å². The first-order valence-electron chi connectivity index (χ1n) is 11.0. The summed E-state index contributed by atoms with van der Waals surface area (Å²) in [5.74, 6) is 0.107. The molecule has 6 nitrogen and oxygen atoms in total. The number of halogens is 3. The highest BCUT2D eigenvalue weighted by Crippen LogP contribution is 2.33. The van der Waals surface area contributed by atoms with Gasteiger partial charge in [0.2, 0.25) is 0 Å². The number of nitrogens with zero attached hydrogens (tertiary/aromatic N) is 2. The van der Waals surface area contributed by atoms with E-state index in [0.717, 1.165) is 28.8 Å². The van der Waals surface area contributed by atoms with E-state index in [4.69, 9.17) is 9.47 Å². The third-order valence-electron chi connectivity index (χ3n) is 5.60. The van der Waals surface area contributed by atoms with Gasteiger partial charge in [0.1, 0.15) is 5.75 Å². The Hall–Kier alpha value is -3.23. The summed E-state index contributed by atoms with van der Waals surface area (Å²) in [6.45, 7) is 9.97. The third kappa shape index (κ3) is 5.46. The van der Waals surface area contributed by atoms with Crippen molar-refractivity contribution in [2.24, 2.45) is 0 Å². The number of esters is 1. The lowest BCUT2D eigenvalue weighted by Gasteiger charge is -2.27. The molecule has 0 aromatic heterocycles. The Morgan fingerprint density at radius 1 is 1.06 bits per heavy atom. The topological polar surface area (TPSA) is 59.1 Å². The van der Waals surface area contributed by atoms with Crippen LogP contribution in [0.2, 0.25) is 0 Å². The average Bonchev–Trinajstić information content (AvgIpc) is 3.10. The fourth-order valence-corrected chi connectivity index (χ4v) is 3.93. The second-order valence-electron chi connectivity index (χ2n) is 8.80. The normalized spacial score (nSPS) is 14.5. The summed E-state index contributed by atoms with van der Waals surface area (Å²) < 4.78 is 50.2. The van der Waals surface area contributed by atoms with E-state index in [1.54, 1.807) is 25.7 Å². The van der Waals surface area contributed by atoms with E-state index >= 15 is 0 Å². The monoisotopic (exact) mass is 478 g/mol. The molecule has 3 rings (SSSR count). The molecular weight excluding hydrogens is 449 g/mol. The molecule has 1 fully saturated rings. The number of rotatable bonds is 7. The van der Waals surface area contributed by atoms with Crippen LogP contribution in [0.25, 0.3) is 0 Å². The van der Waals surface area contributed by atoms with E-state index in [0.29, 0.717) is 25.4 Å². The number of hydrogen-bond acceptors (Lipinski definition) is 4. The number of alkyl halides is 3. The molecule has 184 valence electrons. The first-order chi connectivity index (χ1) is 15.8. The largest absolute Gasteiger partial charge is 0.476 e. The van der Waals surface area contributed by atoms with Crippen LogP contribution in [0.15, 0.2) is 36.4 Å². The van der Waals surface area contributed by atoms with Gasteiger partial charge in [-0.1, -0.05) is 18.2 Å². The molecule has 0 saturated carbocycles. The van der Waals surface area contributed by atoms with Gasteiger partial charge in [-0.15, -0.1) is 0 Å². The Morgan fingerprint density at radius 3 is 2.29 bits per heavy atom. The van der Waals surface area contributed by atoms with Gasteiger partial charge in [0.05, 0.1) is 12.2 Å². The first-order valence-corrected chi connectivity index (χ1v) is 11.0. The third-order valence-corrected chi connectivity index (χ3v) is 5.60. The first kappa shape index (κ1) is 25.4. The lowest BCUT2D eigenvalue weighted by atomic mass is 10.0. The SMILES string of the molecule is CCOC(=O)C(C)(C)Oc1c(C)cc(CN2CCN(c3cccc(C(F)(F)F)c3)C2=O)cc1C. The zero-order valence-corrected chi connectivity index (χ0v) is 20.0. The summed E-state index contributed by atoms with van der Waals surface area (Å²) in [7, 11) is 0. The number of benzene rings is 2. The summed E-state index contributed by atoms with van der Waals surface area (Å²) in [5, 5.41) is 0. The van der Waals surface area contributed by atoms with Crippen molar-refractivity contribution in [1.29, 1.82) is 0 Å². The number of urea groups is 1. The molecule has 0 atom stereocenters. The number of anilines is 1. The van der Waals surface area contributed by atoms with Gasteiger partial charge >= 0.3 is 18.2 Å². The van der Waals surface area contributed by atoms with E-state index in [1.165, 1.54) is 17.0 Å². The van der Waals surface area contributed by atoms with E-state index in [9.17, 15) is 22.8 Å². The minimum absolute atomic E-state index is 0.222. The average molecular weight is 479 g/mol. The summed E-state index contributed by atoms with van der Waals surface area (Å²) >= 11 is 0. The number of aryl methyl sites for hydroxylation is 2. The van der Waals surface area contributed by atoms with Crippen LogP contribution in [0, 0.1) is 13.8 Å². The van der Waals surface area contributed by atoms with Crippen LogP contribution in [-0.4, -0.2) is 42.2 Å². The number of amides is 2. The van der Waals surface area contributed by atoms with Crippen LogP contribution >= 0.6 is 0 Å². The number of carbonyl (C=O) groups is 2. The second-order valence-corrected chi connectivity index (χ2v) is 8.80. The van der Waals surface area contributed by atoms with Gasteiger partial charge < -0.3 is 14.4 Å². The van der Waals surface area contributed by atoms with Crippen LogP contribution in [0.3, 0.4) is 0 Å². The molecule has 34 heavy (non-hydrogen) atoms. The molecule has 1 saturated heterocycles. The van der Waals surface area contributed by atoms with Crippen molar-refractivity contribution in [3.05, 3.63) is 58.7 Å².